The second-order valence-corrected chi connectivity index (χ2v) is 8.91. The Bertz CT molecular complexity index is 741. The summed E-state index contributed by atoms with van der Waals surface area (Å²) in [6.45, 7) is 5.83. The van der Waals surface area contributed by atoms with Crippen molar-refractivity contribution in [3.63, 3.8) is 0 Å². The number of methoxy groups -OCH3 is 1. The average Bonchev–Trinajstić information content (AvgIpc) is 2.53. The summed E-state index contributed by atoms with van der Waals surface area (Å²) in [5.41, 5.74) is 0.421. The lowest BCUT2D eigenvalue weighted by Crippen LogP contribution is -3.16. The molecule has 1 fully saturated rings. The van der Waals surface area contributed by atoms with Gasteiger partial charge in [0.25, 0.3) is 5.91 Å². The van der Waals surface area contributed by atoms with Gasteiger partial charge in [-0.3, -0.25) is 4.79 Å². The lowest BCUT2D eigenvalue weighted by atomic mass is 10.2. The molecular formula is C17H28N3O5S+. The summed E-state index contributed by atoms with van der Waals surface area (Å²) in [6.07, 6.45) is 0.221. The first-order chi connectivity index (χ1) is 12.1. The van der Waals surface area contributed by atoms with E-state index in [1.807, 2.05) is 13.8 Å². The molecule has 0 radical (unpaired) electrons. The first kappa shape index (κ1) is 20.6. The predicted molar refractivity (Wildman–Crippen MR) is 98.1 cm³/mol. The Kier molecular flexibility index (Phi) is 6.62. The highest BCUT2D eigenvalue weighted by Crippen LogP contribution is 2.28. The highest BCUT2D eigenvalue weighted by Gasteiger charge is 2.28. The van der Waals surface area contributed by atoms with Gasteiger partial charge in [-0.2, -0.15) is 0 Å². The maximum absolute atomic E-state index is 12.5. The smallest absolute Gasteiger partial charge is 0.279 e. The number of nitrogens with one attached hydrogen (secondary N) is 2. The Balaban J connectivity index is 2.13. The quantitative estimate of drug-likeness (QED) is 0.693. The molecule has 0 spiro atoms. The van der Waals surface area contributed by atoms with E-state index in [0.29, 0.717) is 12.2 Å². The van der Waals surface area contributed by atoms with Crippen LogP contribution in [-0.4, -0.2) is 71.7 Å². The normalized spacial score (nSPS) is 23.7. The third kappa shape index (κ3) is 4.94. The van der Waals surface area contributed by atoms with E-state index in [9.17, 15) is 13.2 Å². The van der Waals surface area contributed by atoms with Crippen LogP contribution >= 0.6 is 0 Å². The SMILES string of the molecule is COc1ccc(NC(=O)C[NH+]2C[C@@H](C)O[C@H](C)C2)cc1S(=O)(=O)N(C)C. The topological polar surface area (TPSA) is 89.4 Å². The monoisotopic (exact) mass is 386 g/mol. The van der Waals surface area contributed by atoms with E-state index in [1.165, 1.54) is 33.3 Å². The van der Waals surface area contributed by atoms with E-state index in [4.69, 9.17) is 9.47 Å². The van der Waals surface area contributed by atoms with Gasteiger partial charge in [0, 0.05) is 19.8 Å². The summed E-state index contributed by atoms with van der Waals surface area (Å²) >= 11 is 0. The standard InChI is InChI=1S/C17H27N3O5S/c1-12-9-20(10-13(2)25-12)11-17(21)18-14-6-7-15(24-5)16(8-14)26(22,23)19(3)4/h6-8,12-13H,9-11H2,1-5H3,(H,18,21)/p+1/t12-,13-/m1/s1. The minimum Gasteiger partial charge on any atom is -0.495 e. The van der Waals surface area contributed by atoms with Crippen LogP contribution in [0.1, 0.15) is 13.8 Å². The van der Waals surface area contributed by atoms with E-state index in [2.05, 4.69) is 5.32 Å². The number of sulfonamides is 1. The number of hydrogen-bond donors (Lipinski definition) is 2. The fraction of sp³-hybridized carbons (Fsp3) is 0.588. The maximum atomic E-state index is 12.5. The summed E-state index contributed by atoms with van der Waals surface area (Å²) in [7, 11) is 0.622. The molecule has 0 aliphatic carbocycles. The van der Waals surface area contributed by atoms with Crippen molar-refractivity contribution in [2.24, 2.45) is 0 Å². The highest BCUT2D eigenvalue weighted by molar-refractivity contribution is 7.89. The lowest BCUT2D eigenvalue weighted by Gasteiger charge is -2.31. The largest absolute Gasteiger partial charge is 0.495 e. The van der Waals surface area contributed by atoms with E-state index in [1.54, 1.807) is 6.07 Å². The molecule has 2 N–H and O–H groups in total. The van der Waals surface area contributed by atoms with Gasteiger partial charge in [0.1, 0.15) is 35.9 Å². The van der Waals surface area contributed by atoms with Crippen molar-refractivity contribution in [2.75, 3.05) is 46.2 Å². The van der Waals surface area contributed by atoms with Gasteiger partial charge < -0.3 is 19.7 Å². The van der Waals surface area contributed by atoms with Crippen molar-refractivity contribution in [1.29, 1.82) is 0 Å². The van der Waals surface area contributed by atoms with Crippen LogP contribution in [0.5, 0.6) is 5.75 Å². The van der Waals surface area contributed by atoms with Gasteiger partial charge >= 0.3 is 0 Å². The van der Waals surface area contributed by atoms with Crippen molar-refractivity contribution >= 4 is 21.6 Å². The first-order valence-electron chi connectivity index (χ1n) is 8.53. The molecule has 1 aliphatic rings. The molecule has 1 aromatic carbocycles. The number of morpholine rings is 1. The molecule has 1 saturated heterocycles. The number of carbonyl (C=O) groups is 1. The summed E-state index contributed by atoms with van der Waals surface area (Å²) in [5.74, 6) is 0.0674. The van der Waals surface area contributed by atoms with Crippen LogP contribution < -0.4 is 15.0 Å². The van der Waals surface area contributed by atoms with Crippen molar-refractivity contribution in [3.05, 3.63) is 18.2 Å². The number of carbonyl (C=O) groups excluding carboxylic acids is 1. The zero-order valence-electron chi connectivity index (χ0n) is 15.9. The molecule has 9 heteroatoms. The zero-order valence-corrected chi connectivity index (χ0v) is 16.7. The van der Waals surface area contributed by atoms with Crippen molar-refractivity contribution in [2.45, 2.75) is 31.0 Å². The van der Waals surface area contributed by atoms with Gasteiger partial charge in [0.15, 0.2) is 6.54 Å². The van der Waals surface area contributed by atoms with Crippen LogP contribution in [-0.2, 0) is 19.6 Å². The molecular weight excluding hydrogens is 358 g/mol. The van der Waals surface area contributed by atoms with Crippen molar-refractivity contribution < 1.29 is 27.6 Å². The number of ether oxygens (including phenoxy) is 2. The number of quaternary nitrogens is 1. The summed E-state index contributed by atoms with van der Waals surface area (Å²) in [6, 6.07) is 4.59. The Morgan fingerprint density at radius 2 is 1.92 bits per heavy atom. The Morgan fingerprint density at radius 1 is 1.31 bits per heavy atom. The average molecular weight is 386 g/mol. The molecule has 0 aromatic heterocycles. The van der Waals surface area contributed by atoms with Crippen LogP contribution in [0.2, 0.25) is 0 Å². The molecule has 2 atom stereocenters. The second kappa shape index (κ2) is 8.34. The zero-order chi connectivity index (χ0) is 19.5. The highest BCUT2D eigenvalue weighted by atomic mass is 32.2. The van der Waals surface area contributed by atoms with E-state index in [-0.39, 0.29) is 28.8 Å². The van der Waals surface area contributed by atoms with Gasteiger partial charge in [0.05, 0.1) is 7.11 Å². The molecule has 0 unspecified atom stereocenters. The lowest BCUT2D eigenvalue weighted by molar-refractivity contribution is -0.907. The molecule has 0 saturated carbocycles. The van der Waals surface area contributed by atoms with Crippen LogP contribution in [0.4, 0.5) is 5.69 Å². The minimum absolute atomic E-state index is 0.0174. The number of benzene rings is 1. The number of anilines is 1. The van der Waals surface area contributed by atoms with E-state index < -0.39 is 10.0 Å². The molecule has 8 nitrogen and oxygen atoms in total. The molecule has 0 bridgehead atoms. The Hall–Kier alpha value is -1.68. The number of nitrogens with zero attached hydrogens (tertiary/aromatic N) is 1. The fourth-order valence-corrected chi connectivity index (χ4v) is 4.19. The van der Waals surface area contributed by atoms with Gasteiger partial charge in [-0.05, 0) is 32.0 Å². The molecule has 1 heterocycles. The van der Waals surface area contributed by atoms with Crippen molar-refractivity contribution in [1.82, 2.24) is 4.31 Å². The predicted octanol–water partition coefficient (Wildman–Crippen LogP) is -0.424. The Morgan fingerprint density at radius 3 is 2.46 bits per heavy atom. The molecule has 1 amide bonds. The van der Waals surface area contributed by atoms with Crippen LogP contribution in [0.3, 0.4) is 0 Å². The van der Waals surface area contributed by atoms with Crippen molar-refractivity contribution in [3.8, 4) is 5.75 Å². The first-order valence-corrected chi connectivity index (χ1v) is 9.97. The van der Waals surface area contributed by atoms with Gasteiger partial charge in [0.2, 0.25) is 10.0 Å². The fourth-order valence-electron chi connectivity index (χ4n) is 3.12. The number of amides is 1. The minimum atomic E-state index is -3.68. The third-order valence-electron chi connectivity index (χ3n) is 4.23. The maximum Gasteiger partial charge on any atom is 0.279 e. The van der Waals surface area contributed by atoms with E-state index >= 15 is 0 Å². The summed E-state index contributed by atoms with van der Waals surface area (Å²) < 4.78 is 36.8. The molecule has 2 rings (SSSR count). The Labute approximate surface area is 155 Å². The number of hydrogen-bond acceptors (Lipinski definition) is 5. The van der Waals surface area contributed by atoms with Gasteiger partial charge in [-0.25, -0.2) is 12.7 Å². The summed E-state index contributed by atoms with van der Waals surface area (Å²) in [5, 5.41) is 2.78. The van der Waals surface area contributed by atoms with Crippen LogP contribution in [0.25, 0.3) is 0 Å². The third-order valence-corrected chi connectivity index (χ3v) is 6.07. The second-order valence-electron chi connectivity index (χ2n) is 6.79. The van der Waals surface area contributed by atoms with E-state index in [0.717, 1.165) is 22.3 Å². The molecule has 26 heavy (non-hydrogen) atoms. The van der Waals surface area contributed by atoms with Gasteiger partial charge in [-0.1, -0.05) is 0 Å². The molecule has 1 aromatic rings. The van der Waals surface area contributed by atoms with Crippen LogP contribution in [0, 0.1) is 0 Å². The van der Waals surface area contributed by atoms with Gasteiger partial charge in [-0.15, -0.1) is 0 Å². The number of rotatable bonds is 6. The summed E-state index contributed by atoms with van der Waals surface area (Å²) in [4.78, 5) is 13.5. The molecule has 146 valence electrons. The van der Waals surface area contributed by atoms with Crippen LogP contribution in [0.15, 0.2) is 23.1 Å². The molecule has 1 aliphatic heterocycles.